The predicted octanol–water partition coefficient (Wildman–Crippen LogP) is 2.84. The molecule has 0 bridgehead atoms. The van der Waals surface area contributed by atoms with Gasteiger partial charge in [-0.1, -0.05) is 12.1 Å². The number of carbonyl (C=O) groups excluding carboxylic acids is 2. The van der Waals surface area contributed by atoms with E-state index in [1.807, 2.05) is 26.8 Å². The fourth-order valence-electron chi connectivity index (χ4n) is 1.59. The topological polar surface area (TPSA) is 55.8 Å². The van der Waals surface area contributed by atoms with Crippen molar-refractivity contribution in [2.75, 3.05) is 14.2 Å². The molecule has 0 aliphatic carbocycles. The van der Waals surface area contributed by atoms with Gasteiger partial charge in [-0.15, -0.1) is 0 Å². The summed E-state index contributed by atoms with van der Waals surface area (Å²) in [5.41, 5.74) is 0.767. The third-order valence-electron chi connectivity index (χ3n) is 2.47. The van der Waals surface area contributed by atoms with Crippen LogP contribution >= 0.6 is 0 Å². The Morgan fingerprint density at radius 1 is 1.25 bits per heavy atom. The second-order valence-electron chi connectivity index (χ2n) is 5.53. The Kier molecular flexibility index (Phi) is 5.13. The van der Waals surface area contributed by atoms with Crippen LogP contribution in [0.25, 0.3) is 0 Å². The Balaban J connectivity index is 2.73. The van der Waals surface area contributed by atoms with E-state index in [-0.39, 0.29) is 0 Å². The standard InChI is InChI=1S/C15H21NO4/c1-15(2,3)20-14(18)16(4)10-11-7-6-8-12(9-11)13(17)19-5/h6-9H,10H2,1-5H3. The van der Waals surface area contributed by atoms with E-state index in [0.717, 1.165) is 5.56 Å². The number of ether oxygens (including phenoxy) is 2. The van der Waals surface area contributed by atoms with Crippen molar-refractivity contribution in [2.24, 2.45) is 0 Å². The SMILES string of the molecule is COC(=O)c1cccc(CN(C)C(=O)OC(C)(C)C)c1. The number of nitrogens with zero attached hydrogens (tertiary/aromatic N) is 1. The van der Waals surface area contributed by atoms with Crippen LogP contribution in [0.1, 0.15) is 36.7 Å². The molecule has 0 spiro atoms. The lowest BCUT2D eigenvalue weighted by atomic mass is 10.1. The average molecular weight is 279 g/mol. The summed E-state index contributed by atoms with van der Waals surface area (Å²) < 4.78 is 9.93. The number of carbonyl (C=O) groups is 2. The van der Waals surface area contributed by atoms with E-state index in [0.29, 0.717) is 12.1 Å². The Hall–Kier alpha value is -2.04. The molecule has 110 valence electrons. The molecule has 0 fully saturated rings. The molecule has 0 saturated heterocycles. The summed E-state index contributed by atoms with van der Waals surface area (Å²) in [6, 6.07) is 6.97. The maximum absolute atomic E-state index is 11.9. The van der Waals surface area contributed by atoms with Gasteiger partial charge in [-0.2, -0.15) is 0 Å². The Morgan fingerprint density at radius 3 is 2.45 bits per heavy atom. The van der Waals surface area contributed by atoms with Crippen molar-refractivity contribution >= 4 is 12.1 Å². The monoisotopic (exact) mass is 279 g/mol. The van der Waals surface area contributed by atoms with Crippen LogP contribution in [0.15, 0.2) is 24.3 Å². The second kappa shape index (κ2) is 6.41. The van der Waals surface area contributed by atoms with Gasteiger partial charge < -0.3 is 14.4 Å². The van der Waals surface area contributed by atoms with E-state index >= 15 is 0 Å². The van der Waals surface area contributed by atoms with Gasteiger partial charge in [0.1, 0.15) is 5.60 Å². The highest BCUT2D eigenvalue weighted by atomic mass is 16.6. The van der Waals surface area contributed by atoms with Gasteiger partial charge in [0.25, 0.3) is 0 Å². The van der Waals surface area contributed by atoms with Crippen molar-refractivity contribution in [3.8, 4) is 0 Å². The Labute approximate surface area is 119 Å². The van der Waals surface area contributed by atoms with Crippen molar-refractivity contribution in [2.45, 2.75) is 32.9 Å². The zero-order valence-corrected chi connectivity index (χ0v) is 12.6. The minimum absolute atomic E-state index is 0.361. The number of amides is 1. The highest BCUT2D eigenvalue weighted by Gasteiger charge is 2.19. The highest BCUT2D eigenvalue weighted by Crippen LogP contribution is 2.12. The van der Waals surface area contributed by atoms with Crippen LogP contribution in [0.4, 0.5) is 4.79 Å². The first-order chi connectivity index (χ1) is 9.23. The van der Waals surface area contributed by atoms with Gasteiger partial charge in [0.05, 0.1) is 12.7 Å². The Morgan fingerprint density at radius 2 is 1.90 bits per heavy atom. The average Bonchev–Trinajstić information content (AvgIpc) is 2.36. The maximum Gasteiger partial charge on any atom is 0.410 e. The van der Waals surface area contributed by atoms with Crippen LogP contribution in [-0.4, -0.2) is 36.7 Å². The van der Waals surface area contributed by atoms with Crippen LogP contribution in [0, 0.1) is 0 Å². The lowest BCUT2D eigenvalue weighted by Gasteiger charge is -2.24. The van der Waals surface area contributed by atoms with Crippen LogP contribution in [0.2, 0.25) is 0 Å². The van der Waals surface area contributed by atoms with Crippen molar-refractivity contribution in [3.63, 3.8) is 0 Å². The molecule has 0 heterocycles. The molecule has 1 rings (SSSR count). The van der Waals surface area contributed by atoms with Crippen molar-refractivity contribution < 1.29 is 19.1 Å². The van der Waals surface area contributed by atoms with E-state index in [1.165, 1.54) is 12.0 Å². The smallest absolute Gasteiger partial charge is 0.410 e. The quantitative estimate of drug-likeness (QED) is 0.798. The molecule has 0 N–H and O–H groups in total. The molecule has 1 aromatic rings. The molecule has 0 aromatic heterocycles. The molecule has 5 heteroatoms. The molecule has 5 nitrogen and oxygen atoms in total. The normalized spacial score (nSPS) is 10.8. The van der Waals surface area contributed by atoms with Crippen LogP contribution in [-0.2, 0) is 16.0 Å². The molecule has 0 atom stereocenters. The minimum Gasteiger partial charge on any atom is -0.465 e. The third kappa shape index (κ3) is 4.91. The van der Waals surface area contributed by atoms with Crippen LogP contribution in [0.3, 0.4) is 0 Å². The Bertz CT molecular complexity index is 491. The third-order valence-corrected chi connectivity index (χ3v) is 2.47. The van der Waals surface area contributed by atoms with Crippen molar-refractivity contribution in [1.82, 2.24) is 4.90 Å². The fourth-order valence-corrected chi connectivity index (χ4v) is 1.59. The van der Waals surface area contributed by atoms with Gasteiger partial charge in [0.15, 0.2) is 0 Å². The molecule has 1 aromatic carbocycles. The van der Waals surface area contributed by atoms with E-state index in [9.17, 15) is 9.59 Å². The second-order valence-corrected chi connectivity index (χ2v) is 5.53. The van der Waals surface area contributed by atoms with Gasteiger partial charge in [0, 0.05) is 13.6 Å². The van der Waals surface area contributed by atoms with E-state index in [1.54, 1.807) is 25.2 Å². The first-order valence-corrected chi connectivity index (χ1v) is 6.34. The first kappa shape index (κ1) is 16.0. The number of hydrogen-bond donors (Lipinski definition) is 0. The van der Waals surface area contributed by atoms with E-state index < -0.39 is 17.7 Å². The molecule has 0 unspecified atom stereocenters. The van der Waals surface area contributed by atoms with E-state index in [2.05, 4.69) is 4.74 Å². The highest BCUT2D eigenvalue weighted by molar-refractivity contribution is 5.89. The number of methoxy groups -OCH3 is 1. The molecular formula is C15H21NO4. The molecule has 20 heavy (non-hydrogen) atoms. The zero-order chi connectivity index (χ0) is 15.3. The first-order valence-electron chi connectivity index (χ1n) is 6.34. The van der Waals surface area contributed by atoms with Crippen LogP contribution in [0.5, 0.6) is 0 Å². The minimum atomic E-state index is -0.529. The van der Waals surface area contributed by atoms with Gasteiger partial charge in [-0.3, -0.25) is 0 Å². The predicted molar refractivity (Wildman–Crippen MR) is 75.5 cm³/mol. The largest absolute Gasteiger partial charge is 0.465 e. The van der Waals surface area contributed by atoms with Gasteiger partial charge >= 0.3 is 12.1 Å². The van der Waals surface area contributed by atoms with Gasteiger partial charge in [-0.05, 0) is 38.5 Å². The zero-order valence-electron chi connectivity index (χ0n) is 12.6. The van der Waals surface area contributed by atoms with E-state index in [4.69, 9.17) is 4.74 Å². The molecule has 0 aliphatic heterocycles. The summed E-state index contributed by atoms with van der Waals surface area (Å²) in [4.78, 5) is 24.8. The summed E-state index contributed by atoms with van der Waals surface area (Å²) in [6.07, 6.45) is -0.402. The van der Waals surface area contributed by atoms with Gasteiger partial charge in [0.2, 0.25) is 0 Å². The summed E-state index contributed by atoms with van der Waals surface area (Å²) in [5.74, 6) is -0.397. The number of benzene rings is 1. The summed E-state index contributed by atoms with van der Waals surface area (Å²) in [7, 11) is 2.99. The fraction of sp³-hybridized carbons (Fsp3) is 0.467. The van der Waals surface area contributed by atoms with Gasteiger partial charge in [-0.25, -0.2) is 9.59 Å². The lowest BCUT2D eigenvalue weighted by molar-refractivity contribution is 0.0285. The lowest BCUT2D eigenvalue weighted by Crippen LogP contribution is -2.33. The summed E-state index contributed by atoms with van der Waals surface area (Å²) in [5, 5.41) is 0. The van der Waals surface area contributed by atoms with Crippen molar-refractivity contribution in [3.05, 3.63) is 35.4 Å². The summed E-state index contributed by atoms with van der Waals surface area (Å²) >= 11 is 0. The molecule has 0 radical (unpaired) electrons. The molecule has 0 saturated carbocycles. The summed E-state index contributed by atoms with van der Waals surface area (Å²) in [6.45, 7) is 5.81. The molecule has 1 amide bonds. The maximum atomic E-state index is 11.9. The number of hydrogen-bond acceptors (Lipinski definition) is 4. The molecular weight excluding hydrogens is 258 g/mol. The number of rotatable bonds is 3. The number of esters is 1. The van der Waals surface area contributed by atoms with Crippen molar-refractivity contribution in [1.29, 1.82) is 0 Å². The molecule has 0 aliphatic rings. The van der Waals surface area contributed by atoms with Crippen LogP contribution < -0.4 is 0 Å².